The predicted octanol–water partition coefficient (Wildman–Crippen LogP) is -0.0652. The van der Waals surface area contributed by atoms with Gasteiger partial charge in [-0.3, -0.25) is 0 Å². The van der Waals surface area contributed by atoms with Crippen molar-refractivity contribution >= 4 is 31.7 Å². The lowest BCUT2D eigenvalue weighted by molar-refractivity contribution is -0.108. The molecule has 1 N–H and O–H groups in total. The molecule has 0 saturated carbocycles. The van der Waals surface area contributed by atoms with Crippen LogP contribution in [0.3, 0.4) is 0 Å². The van der Waals surface area contributed by atoms with Gasteiger partial charge in [-0.05, 0) is 25.6 Å². The Labute approximate surface area is 82.1 Å². The highest BCUT2D eigenvalue weighted by Crippen LogP contribution is 2.03. The van der Waals surface area contributed by atoms with Crippen LogP contribution in [0.4, 0.5) is 4.79 Å². The van der Waals surface area contributed by atoms with E-state index >= 15 is 0 Å². The van der Waals surface area contributed by atoms with Crippen LogP contribution < -0.4 is 5.32 Å². The quantitative estimate of drug-likeness (QED) is 0.529. The molecule has 12 heavy (non-hydrogen) atoms. The van der Waals surface area contributed by atoms with Gasteiger partial charge in [0.25, 0.3) is 0 Å². The Morgan fingerprint density at radius 1 is 1.42 bits per heavy atom. The molecular weight excluding hydrogens is 198 g/mol. The van der Waals surface area contributed by atoms with Gasteiger partial charge in [0.05, 0.1) is 0 Å². The number of nitrogens with zero attached hydrogens (tertiary/aromatic N) is 2. The average Bonchev–Trinajstić information content (AvgIpc) is 2.06. The third-order valence-corrected chi connectivity index (χ3v) is 1.77. The van der Waals surface area contributed by atoms with Gasteiger partial charge in [-0.25, -0.2) is 4.79 Å². The Morgan fingerprint density at radius 3 is 2.50 bits per heavy atom. The van der Waals surface area contributed by atoms with Crippen LogP contribution in [0.1, 0.15) is 0 Å². The average molecular weight is 209 g/mol. The van der Waals surface area contributed by atoms with Gasteiger partial charge < -0.3 is 10.2 Å². The standard InChI is InChI=1S/C5H11N3O2S2/c9-5(8(11)12)10-7-3-1-6-2-4-7/h6,11-12H,1-4H2. The zero-order valence-corrected chi connectivity index (χ0v) is 8.22. The molecule has 70 valence electrons. The van der Waals surface area contributed by atoms with E-state index in [-0.39, 0.29) is 0 Å². The molecule has 0 spiro atoms. The van der Waals surface area contributed by atoms with Crippen LogP contribution >= 0.6 is 25.6 Å². The fraction of sp³-hybridized carbons (Fsp3) is 0.800. The number of hydrogen-bond acceptors (Lipinski definition) is 6. The van der Waals surface area contributed by atoms with Crippen LogP contribution in [-0.2, 0) is 4.84 Å². The number of carbonyl (C=O) groups excluding carboxylic acids is 1. The number of hydroxylamine groups is 2. The van der Waals surface area contributed by atoms with Crippen molar-refractivity contribution in [2.24, 2.45) is 0 Å². The van der Waals surface area contributed by atoms with Crippen molar-refractivity contribution in [3.05, 3.63) is 0 Å². The normalized spacial score (nSPS) is 18.8. The van der Waals surface area contributed by atoms with Gasteiger partial charge in [0.15, 0.2) is 0 Å². The molecule has 1 aliphatic rings. The monoisotopic (exact) mass is 209 g/mol. The molecular formula is C5H11N3O2S2. The summed E-state index contributed by atoms with van der Waals surface area (Å²) in [5.41, 5.74) is 0. The second kappa shape index (κ2) is 4.80. The van der Waals surface area contributed by atoms with E-state index in [1.807, 2.05) is 0 Å². The van der Waals surface area contributed by atoms with Crippen molar-refractivity contribution in [3.8, 4) is 0 Å². The summed E-state index contributed by atoms with van der Waals surface area (Å²) in [7, 11) is 0. The molecule has 7 heteroatoms. The topological polar surface area (TPSA) is 44.8 Å². The highest BCUT2D eigenvalue weighted by atomic mass is 32.2. The molecule has 1 amide bonds. The SMILES string of the molecule is O=C(ON1CCNCC1)N(S)S. The lowest BCUT2D eigenvalue weighted by Crippen LogP contribution is -2.44. The van der Waals surface area contributed by atoms with Crippen molar-refractivity contribution in [1.82, 2.24) is 14.1 Å². The summed E-state index contributed by atoms with van der Waals surface area (Å²) < 4.78 is 0.808. The number of piperazine rings is 1. The maximum atomic E-state index is 10.9. The minimum atomic E-state index is -0.580. The molecule has 1 fully saturated rings. The van der Waals surface area contributed by atoms with E-state index in [2.05, 4.69) is 30.9 Å². The van der Waals surface area contributed by atoms with Gasteiger partial charge in [0.1, 0.15) is 0 Å². The number of rotatable bonds is 1. The fourth-order valence-electron chi connectivity index (χ4n) is 0.883. The van der Waals surface area contributed by atoms with E-state index in [1.54, 1.807) is 5.06 Å². The summed E-state index contributed by atoms with van der Waals surface area (Å²) in [5.74, 6) is 0. The van der Waals surface area contributed by atoms with Crippen LogP contribution in [0.15, 0.2) is 0 Å². The Hall–Kier alpha value is -0.110. The summed E-state index contributed by atoms with van der Waals surface area (Å²) in [6.45, 7) is 3.04. The maximum Gasteiger partial charge on any atom is 0.449 e. The smallest absolute Gasteiger partial charge is 0.350 e. The highest BCUT2D eigenvalue weighted by Gasteiger charge is 2.16. The molecule has 1 rings (SSSR count). The third-order valence-electron chi connectivity index (χ3n) is 1.45. The van der Waals surface area contributed by atoms with Crippen LogP contribution in [0.2, 0.25) is 0 Å². The minimum absolute atomic E-state index is 0.580. The number of nitrogens with one attached hydrogen (secondary N) is 1. The zero-order valence-electron chi connectivity index (χ0n) is 6.43. The molecule has 0 aromatic carbocycles. The Morgan fingerprint density at radius 2 is 2.00 bits per heavy atom. The van der Waals surface area contributed by atoms with Crippen molar-refractivity contribution in [3.63, 3.8) is 0 Å². The molecule has 1 heterocycles. The Bertz CT molecular complexity index is 161. The van der Waals surface area contributed by atoms with E-state index in [9.17, 15) is 4.79 Å². The van der Waals surface area contributed by atoms with Gasteiger partial charge in [-0.15, -0.1) is 5.06 Å². The first-order valence-corrected chi connectivity index (χ1v) is 4.35. The van der Waals surface area contributed by atoms with E-state index in [1.165, 1.54) is 0 Å². The highest BCUT2D eigenvalue weighted by molar-refractivity contribution is 7.94. The molecule has 0 unspecified atom stereocenters. The summed E-state index contributed by atoms with van der Waals surface area (Å²) in [4.78, 5) is 15.8. The third kappa shape index (κ3) is 3.10. The number of thiol groups is 2. The molecule has 0 aliphatic carbocycles. The van der Waals surface area contributed by atoms with Gasteiger partial charge in [-0.2, -0.15) is 3.71 Å². The van der Waals surface area contributed by atoms with E-state index in [4.69, 9.17) is 4.84 Å². The van der Waals surface area contributed by atoms with E-state index in [0.717, 1.165) is 16.8 Å². The molecule has 0 bridgehead atoms. The van der Waals surface area contributed by atoms with E-state index < -0.39 is 6.09 Å². The second-order valence-electron chi connectivity index (χ2n) is 2.33. The first-order chi connectivity index (χ1) is 5.70. The van der Waals surface area contributed by atoms with Gasteiger partial charge in [0, 0.05) is 26.2 Å². The summed E-state index contributed by atoms with van der Waals surface area (Å²) >= 11 is 7.35. The first kappa shape index (κ1) is 9.97. The molecule has 5 nitrogen and oxygen atoms in total. The summed E-state index contributed by atoms with van der Waals surface area (Å²) in [6.07, 6.45) is -0.580. The van der Waals surface area contributed by atoms with Crippen LogP contribution in [0.25, 0.3) is 0 Å². The molecule has 1 saturated heterocycles. The largest absolute Gasteiger partial charge is 0.449 e. The lowest BCUT2D eigenvalue weighted by Gasteiger charge is -2.25. The van der Waals surface area contributed by atoms with Crippen molar-refractivity contribution < 1.29 is 9.63 Å². The second-order valence-corrected chi connectivity index (χ2v) is 3.44. The van der Waals surface area contributed by atoms with Crippen LogP contribution in [-0.4, -0.2) is 41.0 Å². The van der Waals surface area contributed by atoms with Gasteiger partial charge in [0.2, 0.25) is 0 Å². The first-order valence-electron chi connectivity index (χ1n) is 3.55. The van der Waals surface area contributed by atoms with Crippen molar-refractivity contribution in [2.45, 2.75) is 0 Å². The molecule has 1 aliphatic heterocycles. The molecule has 0 radical (unpaired) electrons. The Kier molecular flexibility index (Phi) is 3.99. The number of hydrogen-bond donors (Lipinski definition) is 3. The van der Waals surface area contributed by atoms with E-state index in [0.29, 0.717) is 13.1 Å². The summed E-state index contributed by atoms with van der Waals surface area (Å²) in [5, 5.41) is 4.71. The fourth-order valence-corrected chi connectivity index (χ4v) is 0.956. The van der Waals surface area contributed by atoms with Gasteiger partial charge in [-0.1, -0.05) is 0 Å². The molecule has 0 aromatic heterocycles. The number of carbonyl (C=O) groups is 1. The molecule has 0 atom stereocenters. The maximum absolute atomic E-state index is 10.9. The van der Waals surface area contributed by atoms with Crippen LogP contribution in [0.5, 0.6) is 0 Å². The lowest BCUT2D eigenvalue weighted by atomic mass is 10.4. The number of amides is 1. The zero-order chi connectivity index (χ0) is 8.97. The molecule has 0 aromatic rings. The van der Waals surface area contributed by atoms with Gasteiger partial charge >= 0.3 is 6.09 Å². The summed E-state index contributed by atoms with van der Waals surface area (Å²) in [6, 6.07) is 0. The predicted molar refractivity (Wildman–Crippen MR) is 50.7 cm³/mol. The Balaban J connectivity index is 2.24. The van der Waals surface area contributed by atoms with Crippen LogP contribution in [0, 0.1) is 0 Å². The van der Waals surface area contributed by atoms with Crippen molar-refractivity contribution in [1.29, 1.82) is 0 Å². The van der Waals surface area contributed by atoms with Crippen molar-refractivity contribution in [2.75, 3.05) is 26.2 Å². The minimum Gasteiger partial charge on any atom is -0.350 e.